The lowest BCUT2D eigenvalue weighted by atomic mass is 10.1. The first-order valence-electron chi connectivity index (χ1n) is 23.6. The molecular weight excluding hydrogens is 721 g/mol. The first-order chi connectivity index (χ1) is 28.5. The molecule has 0 bridgehead atoms. The molecule has 6 heteroatoms. The highest BCUT2D eigenvalue weighted by Crippen LogP contribution is 2.13. The Kier molecular flexibility index (Phi) is 43.6. The summed E-state index contributed by atoms with van der Waals surface area (Å²) in [4.78, 5) is 37.7. The molecule has 0 aliphatic heterocycles. The maximum absolute atomic E-state index is 12.7. The number of allylic oxidation sites excluding steroid dienone is 14. The van der Waals surface area contributed by atoms with E-state index in [4.69, 9.17) is 14.2 Å². The molecular formula is C52H86O6. The fraction of sp³-hybridized carbons (Fsp3) is 0.673. The van der Waals surface area contributed by atoms with Crippen molar-refractivity contribution >= 4 is 17.9 Å². The number of rotatable bonds is 41. The summed E-state index contributed by atoms with van der Waals surface area (Å²) in [5.41, 5.74) is 0. The van der Waals surface area contributed by atoms with Crippen LogP contribution in [0.5, 0.6) is 0 Å². The van der Waals surface area contributed by atoms with Crippen molar-refractivity contribution in [3.63, 3.8) is 0 Å². The SMILES string of the molecule is CC\C=C/C=C\C=C/C=C\CCCCCC(=O)OC(COC(=O)CCC/C=C\C/C=C\C/C=C\CCCCCCCC)COC(=O)CCCCCCCCCCCC. The summed E-state index contributed by atoms with van der Waals surface area (Å²) >= 11 is 0. The largest absolute Gasteiger partial charge is 0.462 e. The number of hydrogen-bond acceptors (Lipinski definition) is 6. The molecule has 1 atom stereocenters. The zero-order valence-corrected chi connectivity index (χ0v) is 37.5. The number of carbonyl (C=O) groups is 3. The van der Waals surface area contributed by atoms with E-state index < -0.39 is 6.10 Å². The van der Waals surface area contributed by atoms with Crippen LogP contribution in [0.1, 0.15) is 207 Å². The second-order valence-corrected chi connectivity index (χ2v) is 15.4. The van der Waals surface area contributed by atoms with Crippen LogP contribution < -0.4 is 0 Å². The summed E-state index contributed by atoms with van der Waals surface area (Å²) < 4.78 is 16.6. The average Bonchev–Trinajstić information content (AvgIpc) is 3.22. The lowest BCUT2D eigenvalue weighted by Crippen LogP contribution is -2.30. The number of esters is 3. The Labute approximate surface area is 356 Å². The van der Waals surface area contributed by atoms with Crippen molar-refractivity contribution in [3.8, 4) is 0 Å². The summed E-state index contributed by atoms with van der Waals surface area (Å²) in [5, 5.41) is 0. The molecule has 0 saturated heterocycles. The quantitative estimate of drug-likeness (QED) is 0.0201. The lowest BCUT2D eigenvalue weighted by Gasteiger charge is -2.18. The molecule has 330 valence electrons. The van der Waals surface area contributed by atoms with Gasteiger partial charge in [0.25, 0.3) is 0 Å². The van der Waals surface area contributed by atoms with E-state index in [9.17, 15) is 14.4 Å². The van der Waals surface area contributed by atoms with Crippen LogP contribution in [-0.4, -0.2) is 37.2 Å². The predicted octanol–water partition coefficient (Wildman–Crippen LogP) is 15.3. The molecule has 0 heterocycles. The first kappa shape index (κ1) is 54.6. The molecule has 0 aromatic heterocycles. The Morgan fingerprint density at radius 2 is 0.759 bits per heavy atom. The van der Waals surface area contributed by atoms with Crippen molar-refractivity contribution < 1.29 is 28.6 Å². The average molecular weight is 807 g/mol. The Morgan fingerprint density at radius 3 is 1.29 bits per heavy atom. The van der Waals surface area contributed by atoms with Gasteiger partial charge < -0.3 is 14.2 Å². The molecule has 0 aliphatic rings. The van der Waals surface area contributed by atoms with Crippen LogP contribution in [0.3, 0.4) is 0 Å². The van der Waals surface area contributed by atoms with E-state index in [2.05, 4.69) is 69.4 Å². The monoisotopic (exact) mass is 807 g/mol. The third-order valence-corrected chi connectivity index (χ3v) is 9.73. The molecule has 0 amide bonds. The van der Waals surface area contributed by atoms with E-state index >= 15 is 0 Å². The summed E-state index contributed by atoms with van der Waals surface area (Å²) in [6.07, 6.45) is 58.6. The van der Waals surface area contributed by atoms with E-state index in [0.29, 0.717) is 19.3 Å². The van der Waals surface area contributed by atoms with Crippen molar-refractivity contribution in [2.75, 3.05) is 13.2 Å². The van der Waals surface area contributed by atoms with Crippen LogP contribution in [0.25, 0.3) is 0 Å². The Balaban J connectivity index is 4.51. The Hall–Kier alpha value is -3.41. The highest BCUT2D eigenvalue weighted by molar-refractivity contribution is 5.71. The molecule has 0 spiro atoms. The second kappa shape index (κ2) is 46.3. The van der Waals surface area contributed by atoms with Crippen LogP contribution in [0.15, 0.2) is 85.1 Å². The molecule has 0 fully saturated rings. The molecule has 0 radical (unpaired) electrons. The van der Waals surface area contributed by atoms with E-state index in [1.807, 2.05) is 36.5 Å². The molecule has 0 saturated carbocycles. The van der Waals surface area contributed by atoms with Gasteiger partial charge in [-0.3, -0.25) is 14.4 Å². The van der Waals surface area contributed by atoms with Gasteiger partial charge in [0, 0.05) is 19.3 Å². The lowest BCUT2D eigenvalue weighted by molar-refractivity contribution is -0.167. The fourth-order valence-corrected chi connectivity index (χ4v) is 6.17. The number of unbranched alkanes of at least 4 members (excludes halogenated alkanes) is 19. The first-order valence-corrected chi connectivity index (χ1v) is 23.6. The second-order valence-electron chi connectivity index (χ2n) is 15.4. The minimum atomic E-state index is -0.814. The van der Waals surface area contributed by atoms with Crippen LogP contribution in [0, 0.1) is 0 Å². The van der Waals surface area contributed by atoms with Gasteiger partial charge in [0.1, 0.15) is 13.2 Å². The normalized spacial score (nSPS) is 12.8. The molecule has 0 aromatic rings. The van der Waals surface area contributed by atoms with E-state index in [-0.39, 0.29) is 44.0 Å². The van der Waals surface area contributed by atoms with E-state index in [1.54, 1.807) is 0 Å². The number of carbonyl (C=O) groups excluding carboxylic acids is 3. The zero-order chi connectivity index (χ0) is 42.3. The maximum atomic E-state index is 12.7. The molecule has 0 aliphatic carbocycles. The zero-order valence-electron chi connectivity index (χ0n) is 37.5. The van der Waals surface area contributed by atoms with Gasteiger partial charge in [0.15, 0.2) is 6.10 Å². The van der Waals surface area contributed by atoms with Gasteiger partial charge in [0.2, 0.25) is 0 Å². The topological polar surface area (TPSA) is 78.9 Å². The third-order valence-electron chi connectivity index (χ3n) is 9.73. The minimum absolute atomic E-state index is 0.108. The summed E-state index contributed by atoms with van der Waals surface area (Å²) in [7, 11) is 0. The number of ether oxygens (including phenoxy) is 3. The van der Waals surface area contributed by atoms with Crippen molar-refractivity contribution in [2.24, 2.45) is 0 Å². The maximum Gasteiger partial charge on any atom is 0.306 e. The summed E-state index contributed by atoms with van der Waals surface area (Å²) in [6.45, 7) is 6.38. The molecule has 0 aromatic carbocycles. The van der Waals surface area contributed by atoms with Crippen LogP contribution in [-0.2, 0) is 28.6 Å². The van der Waals surface area contributed by atoms with Gasteiger partial charge in [-0.15, -0.1) is 0 Å². The summed E-state index contributed by atoms with van der Waals surface area (Å²) in [6, 6.07) is 0. The number of hydrogen-bond donors (Lipinski definition) is 0. The molecule has 0 rings (SSSR count). The molecule has 0 N–H and O–H groups in total. The van der Waals surface area contributed by atoms with Crippen LogP contribution in [0.4, 0.5) is 0 Å². The Morgan fingerprint density at radius 1 is 0.379 bits per heavy atom. The minimum Gasteiger partial charge on any atom is -0.462 e. The predicted molar refractivity (Wildman–Crippen MR) is 247 cm³/mol. The van der Waals surface area contributed by atoms with Crippen molar-refractivity contribution in [3.05, 3.63) is 85.1 Å². The van der Waals surface area contributed by atoms with Crippen molar-refractivity contribution in [1.82, 2.24) is 0 Å². The van der Waals surface area contributed by atoms with Crippen molar-refractivity contribution in [1.29, 1.82) is 0 Å². The van der Waals surface area contributed by atoms with Gasteiger partial charge in [-0.05, 0) is 70.6 Å². The fourth-order valence-electron chi connectivity index (χ4n) is 6.17. The van der Waals surface area contributed by atoms with Gasteiger partial charge in [0.05, 0.1) is 0 Å². The van der Waals surface area contributed by atoms with Gasteiger partial charge in [-0.2, -0.15) is 0 Å². The van der Waals surface area contributed by atoms with Gasteiger partial charge in [-0.1, -0.05) is 202 Å². The Bertz CT molecular complexity index is 1160. The van der Waals surface area contributed by atoms with Crippen LogP contribution >= 0.6 is 0 Å². The highest BCUT2D eigenvalue weighted by Gasteiger charge is 2.19. The van der Waals surface area contributed by atoms with Crippen LogP contribution in [0.2, 0.25) is 0 Å². The molecule has 6 nitrogen and oxygen atoms in total. The van der Waals surface area contributed by atoms with E-state index in [0.717, 1.165) is 64.2 Å². The highest BCUT2D eigenvalue weighted by atomic mass is 16.6. The molecule has 58 heavy (non-hydrogen) atoms. The third kappa shape index (κ3) is 43.7. The van der Waals surface area contributed by atoms with Crippen molar-refractivity contribution in [2.45, 2.75) is 213 Å². The standard InChI is InChI=1S/C52H86O6/c1-4-7-10-13-16-19-22-24-25-26-27-29-30-33-36-39-42-45-51(54)57-48-49(47-56-50(53)44-41-38-35-32-21-18-15-12-9-6-3)58-52(55)46-43-40-37-34-31-28-23-20-17-14-11-8-5-2/h8,11,14,17,20,23-25,27-29,31,33,36,49H,4-7,9-10,12-13,15-16,18-19,21-22,26,30,32,34-35,37-48H2,1-3H3/b11-8-,17-14-,23-20-,25-24-,29-27-,31-28-,36-33-. The van der Waals surface area contributed by atoms with Gasteiger partial charge >= 0.3 is 17.9 Å². The smallest absolute Gasteiger partial charge is 0.306 e. The van der Waals surface area contributed by atoms with E-state index in [1.165, 1.54) is 89.9 Å². The molecule has 1 unspecified atom stereocenters. The van der Waals surface area contributed by atoms with Gasteiger partial charge in [-0.25, -0.2) is 0 Å². The summed E-state index contributed by atoms with van der Waals surface area (Å²) in [5.74, 6) is -1.01.